The zero-order valence-corrected chi connectivity index (χ0v) is 26.6. The highest BCUT2D eigenvalue weighted by atomic mass is 31.3. The Morgan fingerprint density at radius 1 is 0.325 bits per heavy atom. The molecule has 0 aromatic heterocycles. The second-order valence-corrected chi connectivity index (χ2v) is 21.8. The Kier molecular flexibility index (Phi) is 24.7. The molecule has 250 valence electrons. The van der Waals surface area contributed by atoms with Gasteiger partial charge in [0.15, 0.2) is 23.6 Å². The van der Waals surface area contributed by atoms with Gasteiger partial charge >= 0.3 is 60.8 Å². The van der Waals surface area contributed by atoms with Crippen molar-refractivity contribution in [1.82, 2.24) is 11.5 Å². The van der Waals surface area contributed by atoms with Crippen molar-refractivity contribution in [3.8, 4) is 0 Å². The van der Waals surface area contributed by atoms with Crippen LogP contribution in [0.1, 0.15) is 0 Å². The van der Waals surface area contributed by atoms with Crippen molar-refractivity contribution < 1.29 is 115 Å². The number of hydrogen-bond acceptors (Lipinski definition) is 10. The van der Waals surface area contributed by atoms with Crippen LogP contribution in [-0.4, -0.2) is 115 Å². The van der Waals surface area contributed by atoms with E-state index in [9.17, 15) is 36.5 Å². The summed E-state index contributed by atoms with van der Waals surface area (Å²) in [4.78, 5) is 128. The molecular formula is C6H32N2O24P8. The molecule has 1 aliphatic heterocycles. The maximum absolute atomic E-state index is 9.85. The average molecular weight is 764 g/mol. The molecule has 0 aromatic rings. The molecule has 1 saturated heterocycles. The lowest BCUT2D eigenvalue weighted by Crippen LogP contribution is -1.88. The first-order valence-corrected chi connectivity index (χ1v) is 22.8. The summed E-state index contributed by atoms with van der Waals surface area (Å²) in [5.74, 6) is -5.50. The predicted molar refractivity (Wildman–Crippen MR) is 134 cm³/mol. The van der Waals surface area contributed by atoms with Crippen molar-refractivity contribution >= 4 is 60.8 Å². The van der Waals surface area contributed by atoms with E-state index in [-0.39, 0.29) is 6.15 Å². The molecule has 20 N–H and O–H groups in total. The summed E-state index contributed by atoms with van der Waals surface area (Å²) in [5.41, 5.74) is 0. The highest BCUT2D eigenvalue weighted by Crippen LogP contribution is 2.53. The molecule has 1 fully saturated rings. The summed E-state index contributed by atoms with van der Waals surface area (Å²) in [6, 6.07) is 0. The Balaban J connectivity index is -0.000000130. The fraction of sp³-hybridized carbons (Fsp3) is 1.00. The van der Waals surface area contributed by atoms with E-state index < -0.39 is 84.4 Å². The van der Waals surface area contributed by atoms with Crippen molar-refractivity contribution in [2.45, 2.75) is 0 Å². The topological polar surface area (TPSA) is 517 Å². The van der Waals surface area contributed by atoms with Gasteiger partial charge in [-0.2, -0.15) is 0 Å². The zero-order valence-electron chi connectivity index (χ0n) is 19.4. The maximum atomic E-state index is 9.85. The van der Waals surface area contributed by atoms with E-state index in [2.05, 4.69) is 5.32 Å². The largest absolute Gasteiger partial charge is 0.344 e. The summed E-state index contributed by atoms with van der Waals surface area (Å²) in [6.07, 6.45) is 0. The lowest BCUT2D eigenvalue weighted by atomic mass is 11.0. The smallest absolute Gasteiger partial charge is 0.337 e. The third-order valence-corrected chi connectivity index (χ3v) is 13.5. The molecule has 0 bridgehead atoms. The number of rotatable bonds is 8. The van der Waals surface area contributed by atoms with Crippen molar-refractivity contribution in [2.24, 2.45) is 0 Å². The normalized spacial score (nSPS) is 14.2. The quantitative estimate of drug-likeness (QED) is 0.0862. The van der Waals surface area contributed by atoms with Crippen LogP contribution >= 0.6 is 60.8 Å². The van der Waals surface area contributed by atoms with Crippen molar-refractivity contribution in [2.75, 3.05) is 36.7 Å². The van der Waals surface area contributed by atoms with Gasteiger partial charge in [-0.05, 0) is 0 Å². The van der Waals surface area contributed by atoms with Gasteiger partial charge in [-0.25, -0.2) is 0 Å². The standard InChI is InChI=1S/C2H5N.4CH6O6P2.H3N/c1-2-3-1;4*2-8(3,4)1-9(5,6)7;/h3H,1-2H2;4*1H2,(H2,2,3,4)(H2,5,6,7);1H3. The van der Waals surface area contributed by atoms with Crippen LogP contribution < -0.4 is 11.5 Å². The molecule has 0 amide bonds. The van der Waals surface area contributed by atoms with Crippen molar-refractivity contribution in [3.05, 3.63) is 0 Å². The monoisotopic (exact) mass is 764 g/mol. The van der Waals surface area contributed by atoms with Gasteiger partial charge in [0.1, 0.15) is 0 Å². The van der Waals surface area contributed by atoms with E-state index in [1.54, 1.807) is 0 Å². The maximum Gasteiger partial charge on any atom is 0.337 e. The van der Waals surface area contributed by atoms with Crippen LogP contribution in [0, 0.1) is 0 Å². The van der Waals surface area contributed by atoms with Gasteiger partial charge in [-0.15, -0.1) is 0 Å². The minimum atomic E-state index is -4.55. The predicted octanol–water partition coefficient (Wildman–Crippen LogP) is -3.05. The van der Waals surface area contributed by atoms with Crippen molar-refractivity contribution in [3.63, 3.8) is 0 Å². The van der Waals surface area contributed by atoms with Gasteiger partial charge in [0, 0.05) is 13.1 Å². The van der Waals surface area contributed by atoms with Gasteiger partial charge in [0.2, 0.25) is 0 Å². The van der Waals surface area contributed by atoms with Gasteiger partial charge < -0.3 is 89.8 Å². The van der Waals surface area contributed by atoms with E-state index in [4.69, 9.17) is 78.3 Å². The molecule has 1 heterocycles. The van der Waals surface area contributed by atoms with Crippen LogP contribution in [0.25, 0.3) is 0 Å². The first-order chi connectivity index (χ1) is 16.3. The number of hydrogen-bond donors (Lipinski definition) is 18. The van der Waals surface area contributed by atoms with Gasteiger partial charge in [-0.3, -0.25) is 36.5 Å². The zero-order chi connectivity index (χ0) is 32.9. The molecule has 0 aliphatic carbocycles. The Labute approximate surface area is 224 Å². The minimum absolute atomic E-state index is 0. The van der Waals surface area contributed by atoms with Crippen LogP contribution in [0.15, 0.2) is 0 Å². The highest BCUT2D eigenvalue weighted by molar-refractivity contribution is 7.70. The Morgan fingerprint density at radius 2 is 0.400 bits per heavy atom. The average Bonchev–Trinajstić information content (AvgIpc) is 3.17. The second kappa shape index (κ2) is 19.5. The van der Waals surface area contributed by atoms with Crippen LogP contribution in [0.2, 0.25) is 0 Å². The van der Waals surface area contributed by atoms with E-state index >= 15 is 0 Å². The third-order valence-electron chi connectivity index (χ3n) is 1.72. The second-order valence-electron chi connectivity index (χ2n) is 6.63. The van der Waals surface area contributed by atoms with Gasteiger partial charge in [0.05, 0.1) is 0 Å². The van der Waals surface area contributed by atoms with Gasteiger partial charge in [-0.1, -0.05) is 0 Å². The molecule has 0 spiro atoms. The first-order valence-electron chi connectivity index (χ1n) is 8.40. The summed E-state index contributed by atoms with van der Waals surface area (Å²) in [6.45, 7) is 2.50. The third kappa shape index (κ3) is 83.3. The Hall–Kier alpha value is 1.12. The summed E-state index contributed by atoms with van der Waals surface area (Å²) in [7, 11) is -36.4. The van der Waals surface area contributed by atoms with Crippen LogP contribution in [0.4, 0.5) is 0 Å². The van der Waals surface area contributed by atoms with Crippen LogP contribution in [0.5, 0.6) is 0 Å². The molecule has 1 aliphatic rings. The molecule has 1 rings (SSSR count). The Morgan fingerprint density at radius 3 is 0.400 bits per heavy atom. The molecule has 26 nitrogen and oxygen atoms in total. The van der Waals surface area contributed by atoms with E-state index in [0.717, 1.165) is 0 Å². The molecular weight excluding hydrogens is 732 g/mol. The summed E-state index contributed by atoms with van der Waals surface area (Å²) < 4.78 is 78.8. The lowest BCUT2D eigenvalue weighted by molar-refractivity contribution is 0.352. The Bertz CT molecular complexity index is 834. The van der Waals surface area contributed by atoms with E-state index in [0.29, 0.717) is 0 Å². The summed E-state index contributed by atoms with van der Waals surface area (Å²) >= 11 is 0. The first kappa shape index (κ1) is 50.7. The van der Waals surface area contributed by atoms with Gasteiger partial charge in [0.25, 0.3) is 0 Å². The van der Waals surface area contributed by atoms with E-state index in [1.807, 2.05) is 0 Å². The molecule has 0 atom stereocenters. The molecule has 34 heteroatoms. The fourth-order valence-electron chi connectivity index (χ4n) is 0.960. The molecule has 40 heavy (non-hydrogen) atoms. The van der Waals surface area contributed by atoms with Crippen LogP contribution in [-0.2, 0) is 36.5 Å². The molecule has 0 unspecified atom stereocenters. The lowest BCUT2D eigenvalue weighted by Gasteiger charge is -2.03. The SMILES string of the molecule is C1CN1.N.O=P(O)(O)CP(=O)(O)O.O=P(O)(O)CP(=O)(O)O.O=P(O)(O)CP(=O)(O)O.O=P(O)(O)CP(=O)(O)O. The molecule has 0 aromatic carbocycles. The van der Waals surface area contributed by atoms with E-state index in [1.165, 1.54) is 13.1 Å². The number of nitrogens with one attached hydrogen (secondary N) is 1. The molecule has 0 saturated carbocycles. The fourth-order valence-corrected chi connectivity index (χ4v) is 8.64. The highest BCUT2D eigenvalue weighted by Gasteiger charge is 2.28. The minimum Gasteiger partial charge on any atom is -0.344 e. The van der Waals surface area contributed by atoms with Crippen molar-refractivity contribution in [1.29, 1.82) is 0 Å². The molecule has 0 radical (unpaired) electrons. The van der Waals surface area contributed by atoms with Crippen LogP contribution in [0.3, 0.4) is 0 Å². The summed E-state index contributed by atoms with van der Waals surface area (Å²) in [5, 5.41) is 3.00.